The molecular weight excluding hydrogens is 644 g/mol. The van der Waals surface area contributed by atoms with E-state index in [4.69, 9.17) is 4.74 Å². The van der Waals surface area contributed by atoms with Gasteiger partial charge in [-0.3, -0.25) is 28.8 Å². The number of alkyl carbamates (subject to hydrolysis) is 1. The van der Waals surface area contributed by atoms with Crippen molar-refractivity contribution in [2.24, 2.45) is 10.8 Å². The van der Waals surface area contributed by atoms with Gasteiger partial charge in [0.25, 0.3) is 5.91 Å². The Kier molecular flexibility index (Phi) is 15.6. The van der Waals surface area contributed by atoms with Crippen LogP contribution in [0.3, 0.4) is 0 Å². The van der Waals surface area contributed by atoms with E-state index >= 15 is 0 Å². The first kappa shape index (κ1) is 43.5. The van der Waals surface area contributed by atoms with Gasteiger partial charge in [0.05, 0.1) is 18.5 Å². The maximum Gasteiger partial charge on any atom is 0.408 e. The molecule has 14 heteroatoms. The van der Waals surface area contributed by atoms with Crippen molar-refractivity contribution < 1.29 is 38.3 Å². The molecule has 0 bridgehead atoms. The van der Waals surface area contributed by atoms with Crippen molar-refractivity contribution in [3.05, 3.63) is 35.9 Å². The van der Waals surface area contributed by atoms with Crippen molar-refractivity contribution in [3.63, 3.8) is 0 Å². The van der Waals surface area contributed by atoms with Crippen LogP contribution in [-0.4, -0.2) is 90.2 Å². The van der Waals surface area contributed by atoms with Gasteiger partial charge < -0.3 is 36.2 Å². The first-order chi connectivity index (χ1) is 22.8. The predicted molar refractivity (Wildman–Crippen MR) is 189 cm³/mol. The van der Waals surface area contributed by atoms with Gasteiger partial charge in [0, 0.05) is 14.1 Å². The monoisotopic (exact) mass is 702 g/mol. The van der Waals surface area contributed by atoms with Crippen LogP contribution in [0.15, 0.2) is 30.3 Å². The van der Waals surface area contributed by atoms with Crippen molar-refractivity contribution in [2.45, 2.75) is 125 Å². The van der Waals surface area contributed by atoms with E-state index in [0.717, 1.165) is 5.56 Å². The summed E-state index contributed by atoms with van der Waals surface area (Å²) >= 11 is 0. The number of ketones is 1. The molecule has 0 fully saturated rings. The first-order valence-corrected chi connectivity index (χ1v) is 16.8. The Morgan fingerprint density at radius 3 is 1.66 bits per heavy atom. The summed E-state index contributed by atoms with van der Waals surface area (Å²) in [6.45, 7) is 18.6. The van der Waals surface area contributed by atoms with E-state index in [0.29, 0.717) is 6.42 Å². The molecular formula is C36H58N6O8. The highest BCUT2D eigenvalue weighted by atomic mass is 16.6. The molecule has 50 heavy (non-hydrogen) atoms. The minimum atomic E-state index is -1.47. The van der Waals surface area contributed by atoms with Crippen LogP contribution in [0.1, 0.15) is 101 Å². The van der Waals surface area contributed by atoms with Gasteiger partial charge in [-0.1, -0.05) is 78.8 Å². The average molecular weight is 703 g/mol. The quantitative estimate of drug-likeness (QED) is 0.183. The fourth-order valence-electron chi connectivity index (χ4n) is 4.74. The highest BCUT2D eigenvalue weighted by molar-refractivity contribution is 6.38. The number of nitrogens with zero attached hydrogens (tertiary/aromatic N) is 1. The number of rotatable bonds is 14. The van der Waals surface area contributed by atoms with E-state index in [1.165, 1.54) is 25.9 Å². The maximum atomic E-state index is 13.8. The molecule has 1 aromatic carbocycles. The maximum absolute atomic E-state index is 13.8. The highest BCUT2D eigenvalue weighted by Crippen LogP contribution is 2.24. The van der Waals surface area contributed by atoms with Crippen molar-refractivity contribution in [2.75, 3.05) is 14.1 Å². The molecule has 0 saturated heterocycles. The number of carbonyl (C=O) groups is 7. The second kappa shape index (κ2) is 18.0. The number of amides is 6. The molecule has 1 aromatic rings. The van der Waals surface area contributed by atoms with Crippen LogP contribution < -0.4 is 26.6 Å². The van der Waals surface area contributed by atoms with Gasteiger partial charge in [0.15, 0.2) is 0 Å². The molecule has 0 saturated carbocycles. The first-order valence-electron chi connectivity index (χ1n) is 16.8. The lowest BCUT2D eigenvalue weighted by Crippen LogP contribution is -2.63. The molecule has 0 radical (unpaired) electrons. The van der Waals surface area contributed by atoms with Crippen LogP contribution in [-0.2, 0) is 33.5 Å². The van der Waals surface area contributed by atoms with Gasteiger partial charge in [-0.2, -0.15) is 0 Å². The zero-order valence-electron chi connectivity index (χ0n) is 31.9. The zero-order chi connectivity index (χ0) is 38.8. The number of ether oxygens (including phenoxy) is 1. The normalized spacial score (nSPS) is 14.8. The molecule has 0 aliphatic carbocycles. The van der Waals surface area contributed by atoms with Gasteiger partial charge in [-0.15, -0.1) is 0 Å². The fourth-order valence-corrected chi connectivity index (χ4v) is 4.74. The summed E-state index contributed by atoms with van der Waals surface area (Å²) in [6.07, 6.45) is -0.770. The van der Waals surface area contributed by atoms with Crippen LogP contribution in [0, 0.1) is 10.8 Å². The van der Waals surface area contributed by atoms with E-state index in [1.54, 1.807) is 62.3 Å². The van der Waals surface area contributed by atoms with Gasteiger partial charge in [-0.05, 0) is 50.5 Å². The molecule has 0 spiro atoms. The summed E-state index contributed by atoms with van der Waals surface area (Å²) in [6, 6.07) is 3.58. The smallest absolute Gasteiger partial charge is 0.408 e. The summed E-state index contributed by atoms with van der Waals surface area (Å²) in [5.41, 5.74) is -1.71. The van der Waals surface area contributed by atoms with Crippen molar-refractivity contribution in [3.8, 4) is 0 Å². The molecule has 0 aliphatic heterocycles. The second-order valence-electron chi connectivity index (χ2n) is 15.7. The number of carbonyl (C=O) groups excluding carboxylic acids is 7. The van der Waals surface area contributed by atoms with Gasteiger partial charge >= 0.3 is 6.09 Å². The topological polar surface area (TPSA) is 192 Å². The molecule has 6 amide bonds. The molecule has 5 atom stereocenters. The number of benzene rings is 1. The molecule has 0 aromatic heterocycles. The van der Waals surface area contributed by atoms with Gasteiger partial charge in [0.2, 0.25) is 29.4 Å². The van der Waals surface area contributed by atoms with Crippen molar-refractivity contribution >= 4 is 41.4 Å². The Hall–Kier alpha value is -4.49. The third-order valence-corrected chi connectivity index (χ3v) is 7.61. The lowest BCUT2D eigenvalue weighted by atomic mass is 9.83. The highest BCUT2D eigenvalue weighted by Gasteiger charge is 2.41. The standard InChI is InChI=1S/C36H58N6O8/c1-14-23(22-18-16-15-17-19-22)38-30(46)26(44)21(2)37-29(45)24(20-25(43)42(12)13)39-31(47)27(34(3,4)5)40-32(48)28(35(6,7)8)41-33(49)50-36(9,10)11/h15-19,21,23-24,27-28H,14,20H2,1-13H3,(H,37,45)(H,38,46)(H,39,47)(H,40,48)(H,41,49). The Balaban J connectivity index is 3.23. The van der Waals surface area contributed by atoms with Gasteiger partial charge in [-0.25, -0.2) is 4.79 Å². The molecule has 0 aliphatic rings. The summed E-state index contributed by atoms with van der Waals surface area (Å²) < 4.78 is 5.34. The fraction of sp³-hybridized carbons (Fsp3) is 0.639. The number of Topliss-reactive ketones (excluding diaryl/α,β-unsaturated/α-hetero) is 1. The van der Waals surface area contributed by atoms with Crippen molar-refractivity contribution in [1.82, 2.24) is 31.5 Å². The minimum absolute atomic E-state index is 0.429. The second-order valence-corrected chi connectivity index (χ2v) is 15.7. The molecule has 0 heterocycles. The molecule has 14 nitrogen and oxygen atoms in total. The summed E-state index contributed by atoms with van der Waals surface area (Å²) in [4.78, 5) is 93.4. The SMILES string of the molecule is CCC(NC(=O)C(=O)C(C)NC(=O)C(CC(=O)N(C)C)NC(=O)C(NC(=O)C(NC(=O)OC(C)(C)C)C(C)(C)C)C(C)(C)C)c1ccccc1. The summed E-state index contributed by atoms with van der Waals surface area (Å²) in [5, 5.41) is 13.0. The largest absolute Gasteiger partial charge is 0.444 e. The van der Waals surface area contributed by atoms with E-state index in [2.05, 4.69) is 26.6 Å². The lowest BCUT2D eigenvalue weighted by Gasteiger charge is -2.36. The number of hydrogen-bond donors (Lipinski definition) is 5. The number of hydrogen-bond acceptors (Lipinski definition) is 8. The van der Waals surface area contributed by atoms with Crippen LogP contribution in [0.5, 0.6) is 0 Å². The Morgan fingerprint density at radius 1 is 0.700 bits per heavy atom. The summed E-state index contributed by atoms with van der Waals surface area (Å²) in [5.74, 6) is -4.65. The molecule has 1 rings (SSSR count). The van der Waals surface area contributed by atoms with E-state index in [-0.39, 0.29) is 0 Å². The van der Waals surface area contributed by atoms with E-state index in [9.17, 15) is 33.6 Å². The van der Waals surface area contributed by atoms with E-state index < -0.39 is 94.5 Å². The molecule has 280 valence electrons. The molecule has 5 unspecified atom stereocenters. The summed E-state index contributed by atoms with van der Waals surface area (Å²) in [7, 11) is 2.96. The Bertz CT molecular complexity index is 1380. The third-order valence-electron chi connectivity index (χ3n) is 7.61. The number of nitrogens with one attached hydrogen (secondary N) is 5. The average Bonchev–Trinajstić information content (AvgIpc) is 2.98. The minimum Gasteiger partial charge on any atom is -0.444 e. The predicted octanol–water partition coefficient (Wildman–Crippen LogP) is 2.76. The van der Waals surface area contributed by atoms with Crippen LogP contribution in [0.4, 0.5) is 4.79 Å². The van der Waals surface area contributed by atoms with Gasteiger partial charge in [0.1, 0.15) is 23.7 Å². The lowest BCUT2D eigenvalue weighted by molar-refractivity contribution is -0.141. The Morgan fingerprint density at radius 2 is 1.20 bits per heavy atom. The zero-order valence-corrected chi connectivity index (χ0v) is 31.9. The Labute approximate surface area is 296 Å². The van der Waals surface area contributed by atoms with E-state index in [1.807, 2.05) is 37.3 Å². The van der Waals surface area contributed by atoms with Crippen LogP contribution in [0.2, 0.25) is 0 Å². The molecule has 5 N–H and O–H groups in total. The van der Waals surface area contributed by atoms with Crippen LogP contribution >= 0.6 is 0 Å². The third kappa shape index (κ3) is 14.2. The van der Waals surface area contributed by atoms with Crippen molar-refractivity contribution in [1.29, 1.82) is 0 Å². The van der Waals surface area contributed by atoms with Crippen LogP contribution in [0.25, 0.3) is 0 Å².